The summed E-state index contributed by atoms with van der Waals surface area (Å²) in [7, 11) is 0. The van der Waals surface area contributed by atoms with Crippen LogP contribution in [0.2, 0.25) is 0 Å². The van der Waals surface area contributed by atoms with E-state index in [4.69, 9.17) is 4.42 Å². The SMILES string of the molecule is CCCNC(=O)[C@@H]1CCCN(C(=O)c2oc3c(c2C)C(=O)CCC3)C1. The number of fused-ring (bicyclic) bond motifs is 1. The Morgan fingerprint density at radius 2 is 2.08 bits per heavy atom. The zero-order valence-electron chi connectivity index (χ0n) is 15.0. The highest BCUT2D eigenvalue weighted by molar-refractivity contribution is 6.03. The molecule has 3 rings (SSSR count). The van der Waals surface area contributed by atoms with E-state index in [1.54, 1.807) is 11.8 Å². The fourth-order valence-corrected chi connectivity index (χ4v) is 3.76. The van der Waals surface area contributed by atoms with Crippen molar-refractivity contribution >= 4 is 17.6 Å². The molecule has 2 heterocycles. The maximum absolute atomic E-state index is 12.9. The highest BCUT2D eigenvalue weighted by atomic mass is 16.4. The van der Waals surface area contributed by atoms with Crippen molar-refractivity contribution in [2.45, 2.75) is 52.4 Å². The van der Waals surface area contributed by atoms with Gasteiger partial charge in [-0.15, -0.1) is 0 Å². The van der Waals surface area contributed by atoms with Crippen molar-refractivity contribution in [3.05, 3.63) is 22.6 Å². The highest BCUT2D eigenvalue weighted by Crippen LogP contribution is 2.30. The summed E-state index contributed by atoms with van der Waals surface area (Å²) in [5.41, 5.74) is 1.26. The first-order valence-electron chi connectivity index (χ1n) is 9.25. The summed E-state index contributed by atoms with van der Waals surface area (Å²) in [5.74, 6) is 0.631. The number of furan rings is 1. The van der Waals surface area contributed by atoms with Crippen molar-refractivity contribution in [2.24, 2.45) is 5.92 Å². The maximum Gasteiger partial charge on any atom is 0.289 e. The molecule has 0 radical (unpaired) electrons. The molecule has 6 heteroatoms. The van der Waals surface area contributed by atoms with Gasteiger partial charge in [-0.1, -0.05) is 6.92 Å². The van der Waals surface area contributed by atoms with Crippen molar-refractivity contribution in [3.8, 4) is 0 Å². The van der Waals surface area contributed by atoms with E-state index < -0.39 is 0 Å². The summed E-state index contributed by atoms with van der Waals surface area (Å²) >= 11 is 0. The number of amides is 2. The van der Waals surface area contributed by atoms with Crippen molar-refractivity contribution in [2.75, 3.05) is 19.6 Å². The monoisotopic (exact) mass is 346 g/mol. The quantitative estimate of drug-likeness (QED) is 0.908. The Balaban J connectivity index is 1.75. The van der Waals surface area contributed by atoms with Crippen molar-refractivity contribution < 1.29 is 18.8 Å². The van der Waals surface area contributed by atoms with Gasteiger partial charge in [0.05, 0.1) is 11.5 Å². The maximum atomic E-state index is 12.9. The molecular formula is C19H26N2O4. The fraction of sp³-hybridized carbons (Fsp3) is 0.632. The van der Waals surface area contributed by atoms with Gasteiger partial charge in [0.15, 0.2) is 11.5 Å². The summed E-state index contributed by atoms with van der Waals surface area (Å²) < 4.78 is 5.77. The largest absolute Gasteiger partial charge is 0.455 e. The van der Waals surface area contributed by atoms with Crippen molar-refractivity contribution in [1.82, 2.24) is 10.2 Å². The molecule has 1 N–H and O–H groups in total. The van der Waals surface area contributed by atoms with Crippen LogP contribution in [-0.2, 0) is 11.2 Å². The molecule has 0 aromatic carbocycles. The van der Waals surface area contributed by atoms with Crippen LogP contribution in [0.5, 0.6) is 0 Å². The van der Waals surface area contributed by atoms with Gasteiger partial charge in [-0.05, 0) is 32.6 Å². The first-order chi connectivity index (χ1) is 12.0. The lowest BCUT2D eigenvalue weighted by atomic mass is 9.93. The first-order valence-corrected chi connectivity index (χ1v) is 9.25. The number of rotatable bonds is 4. The highest BCUT2D eigenvalue weighted by Gasteiger charge is 2.34. The lowest BCUT2D eigenvalue weighted by molar-refractivity contribution is -0.126. The molecule has 1 atom stereocenters. The van der Waals surface area contributed by atoms with E-state index in [0.717, 1.165) is 25.7 Å². The number of Topliss-reactive ketones (excluding diaryl/α,β-unsaturated/α-hetero) is 1. The number of ketones is 1. The predicted molar refractivity (Wildman–Crippen MR) is 92.6 cm³/mol. The van der Waals surface area contributed by atoms with Crippen LogP contribution in [0.25, 0.3) is 0 Å². The van der Waals surface area contributed by atoms with Crippen LogP contribution in [0.1, 0.15) is 71.3 Å². The van der Waals surface area contributed by atoms with Crippen LogP contribution in [0.3, 0.4) is 0 Å². The van der Waals surface area contributed by atoms with Gasteiger partial charge in [0, 0.05) is 38.0 Å². The van der Waals surface area contributed by atoms with E-state index in [-0.39, 0.29) is 29.3 Å². The Morgan fingerprint density at radius 3 is 2.80 bits per heavy atom. The molecule has 6 nitrogen and oxygen atoms in total. The number of carbonyl (C=O) groups excluding carboxylic acids is 3. The third kappa shape index (κ3) is 3.48. The minimum absolute atomic E-state index is 0.0185. The molecule has 136 valence electrons. The second kappa shape index (κ2) is 7.42. The number of hydrogen-bond donors (Lipinski definition) is 1. The van der Waals surface area contributed by atoms with Gasteiger partial charge in [-0.25, -0.2) is 0 Å². The molecule has 1 fully saturated rings. The standard InChI is InChI=1S/C19H26N2O4/c1-3-9-20-18(23)13-6-5-10-21(11-13)19(24)17-12(2)16-14(22)7-4-8-15(16)25-17/h13H,3-11H2,1-2H3,(H,20,23)/t13-/m1/s1. The smallest absolute Gasteiger partial charge is 0.289 e. The zero-order valence-corrected chi connectivity index (χ0v) is 15.0. The van der Waals surface area contributed by atoms with Gasteiger partial charge >= 0.3 is 0 Å². The van der Waals surface area contributed by atoms with Gasteiger partial charge in [0.2, 0.25) is 5.91 Å². The van der Waals surface area contributed by atoms with Crippen LogP contribution in [0.4, 0.5) is 0 Å². The number of nitrogens with zero attached hydrogens (tertiary/aromatic N) is 1. The van der Waals surface area contributed by atoms with Gasteiger partial charge in [0.25, 0.3) is 5.91 Å². The third-order valence-corrected chi connectivity index (χ3v) is 5.13. The topological polar surface area (TPSA) is 79.6 Å². The molecule has 25 heavy (non-hydrogen) atoms. The second-order valence-corrected chi connectivity index (χ2v) is 7.01. The molecule has 2 amide bonds. The average Bonchev–Trinajstić information content (AvgIpc) is 2.97. The number of hydrogen-bond acceptors (Lipinski definition) is 4. The summed E-state index contributed by atoms with van der Waals surface area (Å²) in [6.07, 6.45) is 4.49. The molecule has 1 aliphatic heterocycles. The Bertz CT molecular complexity index is 692. The number of aryl methyl sites for hydroxylation is 1. The predicted octanol–water partition coefficient (Wildman–Crippen LogP) is 2.49. The van der Waals surface area contributed by atoms with Crippen LogP contribution < -0.4 is 5.32 Å². The van der Waals surface area contributed by atoms with E-state index in [1.807, 2.05) is 6.92 Å². The molecule has 1 aliphatic carbocycles. The van der Waals surface area contributed by atoms with E-state index in [9.17, 15) is 14.4 Å². The van der Waals surface area contributed by atoms with Crippen molar-refractivity contribution in [1.29, 1.82) is 0 Å². The van der Waals surface area contributed by atoms with E-state index in [0.29, 0.717) is 49.4 Å². The molecule has 1 saturated heterocycles. The molecular weight excluding hydrogens is 320 g/mol. The number of piperidine rings is 1. The van der Waals surface area contributed by atoms with Crippen LogP contribution in [-0.4, -0.2) is 42.1 Å². The van der Waals surface area contributed by atoms with Gasteiger partial charge in [-0.3, -0.25) is 14.4 Å². The molecule has 0 bridgehead atoms. The Morgan fingerprint density at radius 1 is 1.28 bits per heavy atom. The summed E-state index contributed by atoms with van der Waals surface area (Å²) in [6, 6.07) is 0. The molecule has 2 aliphatic rings. The Kier molecular flexibility index (Phi) is 5.25. The average molecular weight is 346 g/mol. The molecule has 0 unspecified atom stereocenters. The molecule has 1 aromatic heterocycles. The second-order valence-electron chi connectivity index (χ2n) is 7.01. The minimum atomic E-state index is -0.201. The van der Waals surface area contributed by atoms with Crippen LogP contribution in [0, 0.1) is 12.8 Å². The summed E-state index contributed by atoms with van der Waals surface area (Å²) in [4.78, 5) is 38.9. The molecule has 0 saturated carbocycles. The summed E-state index contributed by atoms with van der Waals surface area (Å²) in [5, 5.41) is 2.91. The molecule has 0 spiro atoms. The van der Waals surface area contributed by atoms with E-state index >= 15 is 0 Å². The fourth-order valence-electron chi connectivity index (χ4n) is 3.76. The molecule has 1 aromatic rings. The van der Waals surface area contributed by atoms with Crippen LogP contribution in [0.15, 0.2) is 4.42 Å². The first kappa shape index (κ1) is 17.7. The Labute approximate surface area is 147 Å². The lowest BCUT2D eigenvalue weighted by Gasteiger charge is -2.31. The third-order valence-electron chi connectivity index (χ3n) is 5.13. The van der Waals surface area contributed by atoms with Gasteiger partial charge in [-0.2, -0.15) is 0 Å². The normalized spacial score (nSPS) is 20.3. The van der Waals surface area contributed by atoms with Gasteiger partial charge < -0.3 is 14.6 Å². The van der Waals surface area contributed by atoms with E-state index in [2.05, 4.69) is 5.32 Å². The van der Waals surface area contributed by atoms with Gasteiger partial charge in [0.1, 0.15) is 5.76 Å². The van der Waals surface area contributed by atoms with Crippen molar-refractivity contribution in [3.63, 3.8) is 0 Å². The minimum Gasteiger partial charge on any atom is -0.455 e. The lowest BCUT2D eigenvalue weighted by Crippen LogP contribution is -2.45. The summed E-state index contributed by atoms with van der Waals surface area (Å²) in [6.45, 7) is 5.49. The number of likely N-dealkylation sites (tertiary alicyclic amines) is 1. The zero-order chi connectivity index (χ0) is 18.0. The number of carbonyl (C=O) groups is 3. The number of nitrogens with one attached hydrogen (secondary N) is 1. The van der Waals surface area contributed by atoms with Crippen LogP contribution >= 0.6 is 0 Å². The van der Waals surface area contributed by atoms with E-state index in [1.165, 1.54) is 0 Å². The Hall–Kier alpha value is -2.11.